The molecule has 7 nitrogen and oxygen atoms in total. The summed E-state index contributed by atoms with van der Waals surface area (Å²) in [5.41, 5.74) is 6.61. The molecule has 7 heteroatoms. The van der Waals surface area contributed by atoms with E-state index in [0.29, 0.717) is 35.9 Å². The summed E-state index contributed by atoms with van der Waals surface area (Å²) < 4.78 is 4.61. The highest BCUT2D eigenvalue weighted by molar-refractivity contribution is 5.62. The monoisotopic (exact) mass is 230 g/mol. The molecular formula is C10H10N6O. The zero-order valence-corrected chi connectivity index (χ0v) is 8.92. The lowest BCUT2D eigenvalue weighted by Crippen LogP contribution is -2.09. The van der Waals surface area contributed by atoms with Crippen molar-refractivity contribution in [3.8, 4) is 6.07 Å². The topological polar surface area (TPSA) is 114 Å². The Hall–Kier alpha value is -2.62. The minimum atomic E-state index is 0.436. The van der Waals surface area contributed by atoms with Crippen LogP contribution in [0.5, 0.6) is 0 Å². The summed E-state index contributed by atoms with van der Waals surface area (Å²) in [6.07, 6.45) is 3.36. The third kappa shape index (κ3) is 2.69. The average molecular weight is 230 g/mol. The summed E-state index contributed by atoms with van der Waals surface area (Å²) in [6, 6.07) is 3.54. The molecule has 0 aliphatic carbocycles. The first-order valence-corrected chi connectivity index (χ1v) is 4.94. The van der Waals surface area contributed by atoms with Crippen molar-refractivity contribution in [2.45, 2.75) is 6.42 Å². The van der Waals surface area contributed by atoms with Gasteiger partial charge in [-0.3, -0.25) is 0 Å². The fraction of sp³-hybridized carbons (Fsp3) is 0.200. The number of nitrogen functional groups attached to an aromatic ring is 1. The molecule has 0 saturated carbocycles. The van der Waals surface area contributed by atoms with Crippen molar-refractivity contribution in [3.63, 3.8) is 0 Å². The van der Waals surface area contributed by atoms with Crippen LogP contribution in [0.1, 0.15) is 11.4 Å². The summed E-state index contributed by atoms with van der Waals surface area (Å²) in [7, 11) is 0. The first kappa shape index (κ1) is 10.9. The van der Waals surface area contributed by atoms with E-state index in [0.717, 1.165) is 0 Å². The van der Waals surface area contributed by atoms with Crippen LogP contribution in [0, 0.1) is 11.3 Å². The summed E-state index contributed by atoms with van der Waals surface area (Å²) in [5, 5.41) is 15.4. The van der Waals surface area contributed by atoms with Crippen molar-refractivity contribution in [1.82, 2.24) is 15.1 Å². The Morgan fingerprint density at radius 2 is 2.35 bits per heavy atom. The van der Waals surface area contributed by atoms with Crippen molar-refractivity contribution < 1.29 is 4.52 Å². The SMILES string of the molecule is N#Cc1cnc(NCCc2ncon2)c(N)c1. The van der Waals surface area contributed by atoms with E-state index in [9.17, 15) is 0 Å². The van der Waals surface area contributed by atoms with Crippen LogP contribution in [-0.2, 0) is 6.42 Å². The zero-order chi connectivity index (χ0) is 12.1. The molecule has 17 heavy (non-hydrogen) atoms. The predicted octanol–water partition coefficient (Wildman–Crippen LogP) is 0.573. The van der Waals surface area contributed by atoms with Gasteiger partial charge in [0, 0.05) is 19.2 Å². The van der Waals surface area contributed by atoms with Crippen molar-refractivity contribution in [3.05, 3.63) is 30.0 Å². The smallest absolute Gasteiger partial charge is 0.213 e. The quantitative estimate of drug-likeness (QED) is 0.789. The lowest BCUT2D eigenvalue weighted by atomic mass is 10.3. The Labute approximate surface area is 97.3 Å². The molecule has 0 aromatic carbocycles. The lowest BCUT2D eigenvalue weighted by Gasteiger charge is -2.06. The molecule has 0 radical (unpaired) electrons. The number of nitrogens with two attached hydrogens (primary N) is 1. The molecule has 0 unspecified atom stereocenters. The maximum absolute atomic E-state index is 8.66. The minimum Gasteiger partial charge on any atom is -0.396 e. The van der Waals surface area contributed by atoms with E-state index < -0.39 is 0 Å². The molecule has 2 rings (SSSR count). The van der Waals surface area contributed by atoms with Gasteiger partial charge in [-0.2, -0.15) is 10.2 Å². The molecule has 0 aliphatic heterocycles. The fourth-order valence-corrected chi connectivity index (χ4v) is 1.29. The number of nitriles is 1. The number of anilines is 2. The second-order valence-corrected chi connectivity index (χ2v) is 3.30. The largest absolute Gasteiger partial charge is 0.396 e. The second kappa shape index (κ2) is 4.94. The van der Waals surface area contributed by atoms with Crippen LogP contribution in [0.25, 0.3) is 0 Å². The highest BCUT2D eigenvalue weighted by Gasteiger charge is 2.03. The van der Waals surface area contributed by atoms with Gasteiger partial charge in [0.25, 0.3) is 0 Å². The maximum Gasteiger partial charge on any atom is 0.213 e. The van der Waals surface area contributed by atoms with Gasteiger partial charge in [0.1, 0.15) is 11.9 Å². The summed E-state index contributed by atoms with van der Waals surface area (Å²) in [6.45, 7) is 0.586. The third-order valence-corrected chi connectivity index (χ3v) is 2.09. The highest BCUT2D eigenvalue weighted by Crippen LogP contribution is 2.15. The van der Waals surface area contributed by atoms with Gasteiger partial charge in [-0.15, -0.1) is 0 Å². The highest BCUT2D eigenvalue weighted by atomic mass is 16.5. The molecule has 0 bridgehead atoms. The van der Waals surface area contributed by atoms with Gasteiger partial charge in [0.05, 0.1) is 11.3 Å². The van der Waals surface area contributed by atoms with Gasteiger partial charge in [0.15, 0.2) is 5.82 Å². The Morgan fingerprint density at radius 3 is 3.00 bits per heavy atom. The van der Waals surface area contributed by atoms with Crippen LogP contribution in [0.15, 0.2) is 23.2 Å². The van der Waals surface area contributed by atoms with Gasteiger partial charge < -0.3 is 15.6 Å². The first-order valence-electron chi connectivity index (χ1n) is 4.94. The second-order valence-electron chi connectivity index (χ2n) is 3.30. The number of hydrogen-bond acceptors (Lipinski definition) is 7. The van der Waals surface area contributed by atoms with E-state index in [1.54, 1.807) is 6.07 Å². The molecule has 2 heterocycles. The first-order chi connectivity index (χ1) is 8.29. The number of nitrogens with zero attached hydrogens (tertiary/aromatic N) is 4. The molecule has 0 saturated heterocycles. The minimum absolute atomic E-state index is 0.436. The number of hydrogen-bond donors (Lipinski definition) is 2. The van der Waals surface area contributed by atoms with E-state index >= 15 is 0 Å². The normalized spacial score (nSPS) is 9.82. The molecule has 2 aromatic rings. The average Bonchev–Trinajstić information content (AvgIpc) is 2.84. The van der Waals surface area contributed by atoms with Crippen LogP contribution in [0.3, 0.4) is 0 Å². The van der Waals surface area contributed by atoms with Crippen molar-refractivity contribution in [2.75, 3.05) is 17.6 Å². The van der Waals surface area contributed by atoms with Crippen LogP contribution in [0.2, 0.25) is 0 Å². The summed E-state index contributed by atoms with van der Waals surface area (Å²) >= 11 is 0. The molecule has 0 spiro atoms. The Balaban J connectivity index is 1.93. The third-order valence-electron chi connectivity index (χ3n) is 2.09. The van der Waals surface area contributed by atoms with Crippen LogP contribution >= 0.6 is 0 Å². The molecule has 3 N–H and O–H groups in total. The predicted molar refractivity (Wildman–Crippen MR) is 59.9 cm³/mol. The van der Waals surface area contributed by atoms with Crippen molar-refractivity contribution in [1.29, 1.82) is 5.26 Å². The van der Waals surface area contributed by atoms with Crippen molar-refractivity contribution >= 4 is 11.5 Å². The van der Waals surface area contributed by atoms with Gasteiger partial charge in [-0.25, -0.2) is 4.98 Å². The molecule has 0 atom stereocenters. The number of rotatable bonds is 4. The van der Waals surface area contributed by atoms with E-state index in [1.807, 2.05) is 6.07 Å². The summed E-state index contributed by atoms with van der Waals surface area (Å²) in [5.74, 6) is 1.16. The standard InChI is InChI=1S/C10H10N6O/c11-4-7-3-8(12)10(14-5-7)13-2-1-9-15-6-17-16-9/h3,5-6H,1-2,12H2,(H,13,14). The van der Waals surface area contributed by atoms with Gasteiger partial charge in [-0.05, 0) is 6.07 Å². The van der Waals surface area contributed by atoms with Gasteiger partial charge in [-0.1, -0.05) is 5.16 Å². The molecule has 2 aromatic heterocycles. The van der Waals surface area contributed by atoms with Crippen LogP contribution < -0.4 is 11.1 Å². The van der Waals surface area contributed by atoms with E-state index in [2.05, 4.69) is 25.0 Å². The molecule has 86 valence electrons. The fourth-order valence-electron chi connectivity index (χ4n) is 1.29. The molecule has 0 fully saturated rings. The van der Waals surface area contributed by atoms with Crippen LogP contribution in [-0.4, -0.2) is 21.7 Å². The Bertz CT molecular complexity index is 530. The number of pyridine rings is 1. The number of nitrogens with one attached hydrogen (secondary N) is 1. The lowest BCUT2D eigenvalue weighted by molar-refractivity contribution is 0.410. The molecule has 0 aliphatic rings. The molecule has 0 amide bonds. The van der Waals surface area contributed by atoms with E-state index in [-0.39, 0.29) is 0 Å². The van der Waals surface area contributed by atoms with Crippen molar-refractivity contribution in [2.24, 2.45) is 0 Å². The van der Waals surface area contributed by atoms with Gasteiger partial charge >= 0.3 is 0 Å². The van der Waals surface area contributed by atoms with Crippen LogP contribution in [0.4, 0.5) is 11.5 Å². The Morgan fingerprint density at radius 1 is 1.47 bits per heavy atom. The Kier molecular flexibility index (Phi) is 3.16. The number of aromatic nitrogens is 3. The van der Waals surface area contributed by atoms with Gasteiger partial charge in [0.2, 0.25) is 6.39 Å². The maximum atomic E-state index is 8.66. The molecular weight excluding hydrogens is 220 g/mol. The van der Waals surface area contributed by atoms with E-state index in [4.69, 9.17) is 11.0 Å². The zero-order valence-electron chi connectivity index (χ0n) is 8.92. The van der Waals surface area contributed by atoms with E-state index in [1.165, 1.54) is 12.6 Å². The summed E-state index contributed by atoms with van der Waals surface area (Å²) in [4.78, 5) is 7.93.